The van der Waals surface area contributed by atoms with Crippen LogP contribution in [0.2, 0.25) is 0 Å². The van der Waals surface area contributed by atoms with E-state index in [0.29, 0.717) is 5.56 Å². The smallest absolute Gasteiger partial charge is 0.271 e. The molecule has 0 bridgehead atoms. The lowest BCUT2D eigenvalue weighted by molar-refractivity contribution is 0.0955. The summed E-state index contributed by atoms with van der Waals surface area (Å²) in [4.78, 5) is 12.1. The fraction of sp³-hybridized carbons (Fsp3) is 0.300. The molecule has 3 rings (SSSR count). The average molecular weight is 338 g/mol. The second-order valence-corrected chi connectivity index (χ2v) is 6.39. The minimum Gasteiger partial charge on any atom is -0.454 e. The van der Waals surface area contributed by atoms with E-state index in [1.165, 1.54) is 0 Å². The Morgan fingerprint density at radius 1 is 1.16 bits per heavy atom. The van der Waals surface area contributed by atoms with E-state index in [0.717, 1.165) is 34.6 Å². The lowest BCUT2D eigenvalue weighted by Gasteiger charge is -2.07. The highest BCUT2D eigenvalue weighted by atomic mass is 16.7. The van der Waals surface area contributed by atoms with E-state index in [2.05, 4.69) is 17.5 Å². The van der Waals surface area contributed by atoms with E-state index < -0.39 is 0 Å². The van der Waals surface area contributed by atoms with Crippen molar-refractivity contribution in [1.29, 1.82) is 0 Å². The number of hydrogen-bond donors (Lipinski definition) is 1. The molecule has 0 spiro atoms. The summed E-state index contributed by atoms with van der Waals surface area (Å²) < 4.78 is 10.7. The van der Waals surface area contributed by atoms with Crippen LogP contribution in [0.5, 0.6) is 11.5 Å². The predicted octanol–water partition coefficient (Wildman–Crippen LogP) is 3.63. The number of nitrogens with zero attached hydrogens (tertiary/aromatic N) is 1. The van der Waals surface area contributed by atoms with Crippen LogP contribution in [0, 0.1) is 19.8 Å². The zero-order valence-electron chi connectivity index (χ0n) is 14.7. The maximum Gasteiger partial charge on any atom is 0.271 e. The van der Waals surface area contributed by atoms with E-state index in [1.807, 2.05) is 50.2 Å². The average Bonchev–Trinajstić information content (AvgIpc) is 3.05. The second-order valence-electron chi connectivity index (χ2n) is 6.39. The molecule has 1 atom stereocenters. The van der Waals surface area contributed by atoms with Crippen LogP contribution in [-0.2, 0) is 6.42 Å². The summed E-state index contributed by atoms with van der Waals surface area (Å²) in [5.41, 5.74) is 6.60. The Kier molecular flexibility index (Phi) is 5.03. The number of carbonyl (C=O) groups excluding carboxylic acids is 1. The van der Waals surface area contributed by atoms with Crippen molar-refractivity contribution >= 4 is 12.1 Å². The maximum absolute atomic E-state index is 12.1. The van der Waals surface area contributed by atoms with Gasteiger partial charge in [0.15, 0.2) is 11.5 Å². The Balaban J connectivity index is 1.54. The number of hydrazone groups is 1. The number of nitrogens with one attached hydrogen (secondary N) is 1. The summed E-state index contributed by atoms with van der Waals surface area (Å²) in [7, 11) is 0. The van der Waals surface area contributed by atoms with Crippen LogP contribution in [0.3, 0.4) is 0 Å². The van der Waals surface area contributed by atoms with Crippen molar-refractivity contribution in [2.75, 3.05) is 6.79 Å². The van der Waals surface area contributed by atoms with Crippen LogP contribution >= 0.6 is 0 Å². The zero-order valence-corrected chi connectivity index (χ0v) is 14.7. The molecule has 0 saturated carbocycles. The Labute approximate surface area is 147 Å². The van der Waals surface area contributed by atoms with Crippen molar-refractivity contribution < 1.29 is 14.3 Å². The van der Waals surface area contributed by atoms with Gasteiger partial charge >= 0.3 is 0 Å². The van der Waals surface area contributed by atoms with Crippen molar-refractivity contribution in [3.63, 3.8) is 0 Å². The minimum atomic E-state index is -0.199. The first-order valence-corrected chi connectivity index (χ1v) is 8.32. The van der Waals surface area contributed by atoms with Gasteiger partial charge in [0.2, 0.25) is 6.79 Å². The lowest BCUT2D eigenvalue weighted by Crippen LogP contribution is -2.18. The van der Waals surface area contributed by atoms with Gasteiger partial charge in [-0.1, -0.05) is 19.1 Å². The Morgan fingerprint density at radius 2 is 1.96 bits per heavy atom. The molecule has 1 aliphatic rings. The van der Waals surface area contributed by atoms with Gasteiger partial charge in [0, 0.05) is 11.8 Å². The highest BCUT2D eigenvalue weighted by molar-refractivity contribution is 5.94. The largest absolute Gasteiger partial charge is 0.454 e. The summed E-state index contributed by atoms with van der Waals surface area (Å²) in [6.45, 7) is 6.34. The SMILES string of the molecule is Cc1ccc(C(=O)N/N=C/C(C)Cc2ccc3c(c2)OCO3)cc1C. The van der Waals surface area contributed by atoms with Gasteiger partial charge in [-0.3, -0.25) is 4.79 Å². The van der Waals surface area contributed by atoms with Gasteiger partial charge < -0.3 is 9.47 Å². The number of aryl methyl sites for hydroxylation is 2. The highest BCUT2D eigenvalue weighted by Gasteiger charge is 2.14. The topological polar surface area (TPSA) is 59.9 Å². The third-order valence-electron chi connectivity index (χ3n) is 4.26. The normalized spacial score (nSPS) is 13.9. The fourth-order valence-electron chi connectivity index (χ4n) is 2.66. The first-order chi connectivity index (χ1) is 12.0. The van der Waals surface area contributed by atoms with Crippen LogP contribution in [0.4, 0.5) is 0 Å². The molecule has 2 aromatic carbocycles. The first-order valence-electron chi connectivity index (χ1n) is 8.32. The molecule has 1 amide bonds. The zero-order chi connectivity index (χ0) is 17.8. The van der Waals surface area contributed by atoms with E-state index in [4.69, 9.17) is 9.47 Å². The maximum atomic E-state index is 12.1. The molecule has 0 aliphatic carbocycles. The van der Waals surface area contributed by atoms with E-state index in [9.17, 15) is 4.79 Å². The summed E-state index contributed by atoms with van der Waals surface area (Å²) in [6.07, 6.45) is 2.56. The third-order valence-corrected chi connectivity index (χ3v) is 4.26. The Morgan fingerprint density at radius 3 is 2.76 bits per heavy atom. The number of carbonyl (C=O) groups is 1. The van der Waals surface area contributed by atoms with Gasteiger partial charge in [-0.25, -0.2) is 5.43 Å². The monoisotopic (exact) mass is 338 g/mol. The molecule has 1 unspecified atom stereocenters. The quantitative estimate of drug-likeness (QED) is 0.669. The molecule has 1 aliphatic heterocycles. The third kappa shape index (κ3) is 4.18. The molecule has 1 N–H and O–H groups in total. The van der Waals surface area contributed by atoms with Gasteiger partial charge in [-0.15, -0.1) is 0 Å². The molecule has 0 saturated heterocycles. The van der Waals surface area contributed by atoms with Crippen LogP contribution < -0.4 is 14.9 Å². The first kappa shape index (κ1) is 17.0. The van der Waals surface area contributed by atoms with E-state index in [1.54, 1.807) is 6.21 Å². The summed E-state index contributed by atoms with van der Waals surface area (Å²) in [6, 6.07) is 11.5. The Bertz CT molecular complexity index is 815. The summed E-state index contributed by atoms with van der Waals surface area (Å²) in [5.74, 6) is 1.55. The highest BCUT2D eigenvalue weighted by Crippen LogP contribution is 2.32. The van der Waals surface area contributed by atoms with Crippen molar-refractivity contribution in [1.82, 2.24) is 5.43 Å². The predicted molar refractivity (Wildman–Crippen MR) is 97.3 cm³/mol. The summed E-state index contributed by atoms with van der Waals surface area (Å²) in [5, 5.41) is 4.09. The molecular formula is C20H22N2O3. The number of fused-ring (bicyclic) bond motifs is 1. The molecule has 0 radical (unpaired) electrons. The number of rotatable bonds is 5. The minimum absolute atomic E-state index is 0.181. The standard InChI is InChI=1S/C20H22N2O3/c1-13(8-16-5-7-18-19(10-16)25-12-24-18)11-21-22-20(23)17-6-4-14(2)15(3)9-17/h4-7,9-11,13H,8,12H2,1-3H3,(H,22,23)/b21-11+. The van der Waals surface area contributed by atoms with Gasteiger partial charge in [0.25, 0.3) is 5.91 Å². The molecule has 1 heterocycles. The van der Waals surface area contributed by atoms with Gasteiger partial charge in [0.1, 0.15) is 0 Å². The molecule has 130 valence electrons. The second kappa shape index (κ2) is 7.38. The fourth-order valence-corrected chi connectivity index (χ4v) is 2.66. The van der Waals surface area contributed by atoms with Crippen LogP contribution in [-0.4, -0.2) is 18.9 Å². The van der Waals surface area contributed by atoms with Crippen molar-refractivity contribution in [3.8, 4) is 11.5 Å². The molecule has 0 fully saturated rings. The molecular weight excluding hydrogens is 316 g/mol. The van der Waals surface area contributed by atoms with Crippen LogP contribution in [0.25, 0.3) is 0 Å². The van der Waals surface area contributed by atoms with E-state index >= 15 is 0 Å². The van der Waals surface area contributed by atoms with E-state index in [-0.39, 0.29) is 18.6 Å². The lowest BCUT2D eigenvalue weighted by atomic mass is 10.0. The van der Waals surface area contributed by atoms with Gasteiger partial charge in [-0.2, -0.15) is 5.10 Å². The number of amides is 1. The van der Waals surface area contributed by atoms with Crippen LogP contribution in [0.1, 0.15) is 34.0 Å². The van der Waals surface area contributed by atoms with Crippen molar-refractivity contribution in [3.05, 3.63) is 58.7 Å². The van der Waals surface area contributed by atoms with Crippen molar-refractivity contribution in [2.45, 2.75) is 27.2 Å². The number of benzene rings is 2. The molecule has 2 aromatic rings. The molecule has 0 aromatic heterocycles. The van der Waals surface area contributed by atoms with Crippen LogP contribution in [0.15, 0.2) is 41.5 Å². The number of ether oxygens (including phenoxy) is 2. The van der Waals surface area contributed by atoms with Gasteiger partial charge in [-0.05, 0) is 67.1 Å². The summed E-state index contributed by atoms with van der Waals surface area (Å²) >= 11 is 0. The molecule has 5 nitrogen and oxygen atoms in total. The van der Waals surface area contributed by atoms with Crippen molar-refractivity contribution in [2.24, 2.45) is 11.0 Å². The Hall–Kier alpha value is -2.82. The number of hydrogen-bond acceptors (Lipinski definition) is 4. The molecule has 5 heteroatoms. The van der Waals surface area contributed by atoms with Gasteiger partial charge in [0.05, 0.1) is 0 Å². The molecule has 25 heavy (non-hydrogen) atoms.